The molecule has 0 unspecified atom stereocenters. The van der Waals surface area contributed by atoms with Crippen LogP contribution in [0.1, 0.15) is 37.5 Å². The number of nitrogens with zero attached hydrogens (tertiary/aromatic N) is 5. The van der Waals surface area contributed by atoms with Gasteiger partial charge in [-0.1, -0.05) is 24.3 Å². The van der Waals surface area contributed by atoms with Gasteiger partial charge in [0.05, 0.1) is 0 Å². The van der Waals surface area contributed by atoms with Crippen LogP contribution in [0.5, 0.6) is 0 Å². The van der Waals surface area contributed by atoms with E-state index >= 15 is 0 Å². The molecule has 3 aromatic rings. The molecule has 0 bridgehead atoms. The molecular formula is C29H37N5OS. The van der Waals surface area contributed by atoms with Gasteiger partial charge in [0.2, 0.25) is 0 Å². The Hall–Kier alpha value is -2.90. The summed E-state index contributed by atoms with van der Waals surface area (Å²) in [6.45, 7) is 16.7. The second-order valence-electron chi connectivity index (χ2n) is 10.2. The van der Waals surface area contributed by atoms with Crippen molar-refractivity contribution >= 4 is 28.1 Å². The number of amides is 1. The van der Waals surface area contributed by atoms with E-state index in [4.69, 9.17) is 0 Å². The number of hydrogen-bond acceptors (Lipinski definition) is 6. The third kappa shape index (κ3) is 5.27. The number of para-hydroxylation sites is 1. The molecule has 2 fully saturated rings. The van der Waals surface area contributed by atoms with E-state index in [0.29, 0.717) is 0 Å². The molecule has 0 spiro atoms. The summed E-state index contributed by atoms with van der Waals surface area (Å²) in [5.41, 5.74) is 7.16. The highest BCUT2D eigenvalue weighted by Gasteiger charge is 2.26. The lowest BCUT2D eigenvalue weighted by atomic mass is 9.98. The van der Waals surface area contributed by atoms with Gasteiger partial charge in [0, 0.05) is 81.2 Å². The van der Waals surface area contributed by atoms with Crippen LogP contribution in [-0.2, 0) is 6.54 Å². The van der Waals surface area contributed by atoms with Gasteiger partial charge in [-0.3, -0.25) is 9.69 Å². The zero-order chi connectivity index (χ0) is 25.2. The number of benzene rings is 2. The first-order chi connectivity index (χ1) is 17.4. The molecule has 7 heteroatoms. The number of carbonyl (C=O) groups excluding carboxylic acids is 1. The Morgan fingerprint density at radius 1 is 0.833 bits per heavy atom. The number of thiazole rings is 1. The molecule has 3 heterocycles. The zero-order valence-corrected chi connectivity index (χ0v) is 22.8. The summed E-state index contributed by atoms with van der Waals surface area (Å²) >= 11 is 1.73. The molecule has 36 heavy (non-hydrogen) atoms. The minimum Gasteiger partial charge on any atom is -0.369 e. The van der Waals surface area contributed by atoms with Crippen molar-refractivity contribution in [1.29, 1.82) is 0 Å². The van der Waals surface area contributed by atoms with E-state index in [1.165, 1.54) is 27.3 Å². The summed E-state index contributed by atoms with van der Waals surface area (Å²) in [6.07, 6.45) is 1.93. The Bertz CT molecular complexity index is 1220. The maximum Gasteiger partial charge on any atom is 0.254 e. The van der Waals surface area contributed by atoms with Gasteiger partial charge in [-0.05, 0) is 62.1 Å². The second-order valence-corrected chi connectivity index (χ2v) is 11.4. The summed E-state index contributed by atoms with van der Waals surface area (Å²) < 4.78 is 0. The van der Waals surface area contributed by atoms with Gasteiger partial charge in [-0.2, -0.15) is 0 Å². The minimum absolute atomic E-state index is 0.160. The van der Waals surface area contributed by atoms with Crippen molar-refractivity contribution in [2.45, 2.75) is 34.2 Å². The third-order valence-corrected chi connectivity index (χ3v) is 8.56. The van der Waals surface area contributed by atoms with Gasteiger partial charge in [0.25, 0.3) is 5.91 Å². The Balaban J connectivity index is 1.22. The van der Waals surface area contributed by atoms with Crippen LogP contribution in [-0.4, -0.2) is 73.0 Å². The van der Waals surface area contributed by atoms with Gasteiger partial charge in [0.15, 0.2) is 5.13 Å². The topological polar surface area (TPSA) is 42.9 Å². The van der Waals surface area contributed by atoms with Crippen molar-refractivity contribution in [1.82, 2.24) is 14.8 Å². The predicted molar refractivity (Wildman–Crippen MR) is 150 cm³/mol. The number of aromatic nitrogens is 1. The molecule has 1 aromatic heterocycles. The largest absolute Gasteiger partial charge is 0.369 e. The number of carbonyl (C=O) groups is 1. The molecule has 0 atom stereocenters. The Morgan fingerprint density at radius 3 is 2.19 bits per heavy atom. The number of aryl methyl sites for hydroxylation is 4. The van der Waals surface area contributed by atoms with E-state index in [-0.39, 0.29) is 5.91 Å². The Labute approximate surface area is 219 Å². The smallest absolute Gasteiger partial charge is 0.254 e. The van der Waals surface area contributed by atoms with Crippen LogP contribution in [0, 0.1) is 27.7 Å². The summed E-state index contributed by atoms with van der Waals surface area (Å²) in [5, 5.41) is 1.07. The fraction of sp³-hybridized carbons (Fsp3) is 0.448. The number of anilines is 2. The molecule has 2 aromatic carbocycles. The summed E-state index contributed by atoms with van der Waals surface area (Å²) in [6, 6.07) is 13.0. The fourth-order valence-electron chi connectivity index (χ4n) is 5.36. The van der Waals surface area contributed by atoms with Crippen molar-refractivity contribution in [2.24, 2.45) is 0 Å². The summed E-state index contributed by atoms with van der Waals surface area (Å²) in [4.78, 5) is 28.6. The first kappa shape index (κ1) is 24.8. The monoisotopic (exact) mass is 503 g/mol. The van der Waals surface area contributed by atoms with Crippen LogP contribution >= 0.6 is 11.3 Å². The number of hydrogen-bond donors (Lipinski definition) is 0. The standard InChI is InChI=1S/C29H37N5OS/c1-21-7-5-6-8-27(21)32-11-9-31(10-12-32)20-25-18-26(23(3)17-22(25)2)28(35)33-13-15-34(16-14-33)29-30-19-24(4)36-29/h5-8,17-19H,9-16,20H2,1-4H3. The first-order valence-corrected chi connectivity index (χ1v) is 13.8. The zero-order valence-electron chi connectivity index (χ0n) is 22.0. The summed E-state index contributed by atoms with van der Waals surface area (Å²) in [7, 11) is 0. The van der Waals surface area contributed by atoms with E-state index < -0.39 is 0 Å². The van der Waals surface area contributed by atoms with Crippen LogP contribution in [0.3, 0.4) is 0 Å². The van der Waals surface area contributed by atoms with Gasteiger partial charge >= 0.3 is 0 Å². The third-order valence-electron chi connectivity index (χ3n) is 7.58. The highest BCUT2D eigenvalue weighted by Crippen LogP contribution is 2.25. The molecule has 2 aliphatic rings. The average molecular weight is 504 g/mol. The molecule has 1 amide bonds. The van der Waals surface area contributed by atoms with Gasteiger partial charge in [-0.15, -0.1) is 11.3 Å². The molecule has 2 saturated heterocycles. The lowest BCUT2D eigenvalue weighted by molar-refractivity contribution is 0.0746. The van der Waals surface area contributed by atoms with Crippen LogP contribution < -0.4 is 9.80 Å². The second kappa shape index (κ2) is 10.6. The molecule has 190 valence electrons. The van der Waals surface area contributed by atoms with Crippen LogP contribution in [0.25, 0.3) is 0 Å². The predicted octanol–water partition coefficient (Wildman–Crippen LogP) is 4.66. The van der Waals surface area contributed by atoms with E-state index in [2.05, 4.69) is 83.8 Å². The highest BCUT2D eigenvalue weighted by molar-refractivity contribution is 7.15. The fourth-order valence-corrected chi connectivity index (χ4v) is 6.17. The van der Waals surface area contributed by atoms with Crippen molar-refractivity contribution in [2.75, 3.05) is 62.2 Å². The van der Waals surface area contributed by atoms with Crippen LogP contribution in [0.2, 0.25) is 0 Å². The first-order valence-electron chi connectivity index (χ1n) is 13.0. The van der Waals surface area contributed by atoms with E-state index in [0.717, 1.165) is 75.2 Å². The molecule has 6 nitrogen and oxygen atoms in total. The average Bonchev–Trinajstić information content (AvgIpc) is 3.32. The van der Waals surface area contributed by atoms with Crippen LogP contribution in [0.4, 0.5) is 10.8 Å². The van der Waals surface area contributed by atoms with Gasteiger partial charge in [0.1, 0.15) is 0 Å². The molecule has 0 aliphatic carbocycles. The van der Waals surface area contributed by atoms with E-state index in [9.17, 15) is 4.79 Å². The summed E-state index contributed by atoms with van der Waals surface area (Å²) in [5.74, 6) is 0.160. The quantitative estimate of drug-likeness (QED) is 0.507. The Kier molecular flexibility index (Phi) is 7.30. The minimum atomic E-state index is 0.160. The maximum absolute atomic E-state index is 13.5. The molecule has 5 rings (SSSR count). The Morgan fingerprint density at radius 2 is 1.53 bits per heavy atom. The molecule has 0 saturated carbocycles. The molecule has 2 aliphatic heterocycles. The van der Waals surface area contributed by atoms with Gasteiger partial charge < -0.3 is 14.7 Å². The van der Waals surface area contributed by atoms with Crippen molar-refractivity contribution in [3.8, 4) is 0 Å². The number of piperazine rings is 2. The highest BCUT2D eigenvalue weighted by atomic mass is 32.1. The van der Waals surface area contributed by atoms with Crippen molar-refractivity contribution in [3.63, 3.8) is 0 Å². The lowest BCUT2D eigenvalue weighted by Crippen LogP contribution is -2.49. The lowest BCUT2D eigenvalue weighted by Gasteiger charge is -2.37. The molecule has 0 radical (unpaired) electrons. The molecule has 0 N–H and O–H groups in total. The van der Waals surface area contributed by atoms with Crippen molar-refractivity contribution < 1.29 is 4.79 Å². The van der Waals surface area contributed by atoms with Crippen molar-refractivity contribution in [3.05, 3.63) is 75.3 Å². The van der Waals surface area contributed by atoms with E-state index in [1.807, 2.05) is 11.1 Å². The SMILES string of the molecule is Cc1cnc(N2CCN(C(=O)c3cc(CN4CCN(c5ccccc5C)CC4)c(C)cc3C)CC2)s1. The maximum atomic E-state index is 13.5. The van der Waals surface area contributed by atoms with E-state index in [1.54, 1.807) is 11.3 Å². The van der Waals surface area contributed by atoms with Gasteiger partial charge in [-0.25, -0.2) is 4.98 Å². The number of rotatable bonds is 5. The normalized spacial score (nSPS) is 17.1. The van der Waals surface area contributed by atoms with Crippen LogP contribution in [0.15, 0.2) is 42.6 Å². The molecular weight excluding hydrogens is 466 g/mol.